The highest BCUT2D eigenvalue weighted by Gasteiger charge is 2.36. The van der Waals surface area contributed by atoms with Crippen molar-refractivity contribution in [2.45, 2.75) is 37.8 Å². The maximum Gasteiger partial charge on any atom is 0.169 e. The summed E-state index contributed by atoms with van der Waals surface area (Å²) in [5.74, 6) is 0.372. The number of hydrogen-bond acceptors (Lipinski definition) is 4. The van der Waals surface area contributed by atoms with E-state index >= 15 is 0 Å². The van der Waals surface area contributed by atoms with Crippen LogP contribution in [-0.2, 0) is 0 Å². The SMILES string of the molecule is O=C(c1cnc2ccnn2c1)C1CC2CCC(C1)N2. The molecule has 4 rings (SSSR count). The highest BCUT2D eigenvalue weighted by molar-refractivity contribution is 5.97. The minimum Gasteiger partial charge on any atom is -0.311 e. The summed E-state index contributed by atoms with van der Waals surface area (Å²) < 4.78 is 1.67. The zero-order valence-electron chi connectivity index (χ0n) is 10.6. The van der Waals surface area contributed by atoms with Crippen molar-refractivity contribution >= 4 is 11.4 Å². The Balaban J connectivity index is 1.62. The molecule has 2 aromatic heterocycles. The van der Waals surface area contributed by atoms with Gasteiger partial charge in [-0.3, -0.25) is 4.79 Å². The van der Waals surface area contributed by atoms with E-state index in [0.29, 0.717) is 17.6 Å². The van der Waals surface area contributed by atoms with Crippen LogP contribution in [-0.4, -0.2) is 32.5 Å². The van der Waals surface area contributed by atoms with Gasteiger partial charge in [0.1, 0.15) is 0 Å². The van der Waals surface area contributed by atoms with Gasteiger partial charge in [-0.25, -0.2) is 9.50 Å². The Morgan fingerprint density at radius 1 is 1.32 bits per heavy atom. The normalized spacial score (nSPS) is 29.8. The van der Waals surface area contributed by atoms with E-state index in [9.17, 15) is 4.79 Å². The standard InChI is InChI=1S/C14H16N4O/c19-14(9-5-11-1-2-12(6-9)17-11)10-7-15-13-3-4-16-18(13)8-10/h3-4,7-9,11-12,17H,1-2,5-6H2. The summed E-state index contributed by atoms with van der Waals surface area (Å²) in [5, 5.41) is 7.71. The second kappa shape index (κ2) is 4.13. The highest BCUT2D eigenvalue weighted by atomic mass is 16.1. The third-order valence-electron chi connectivity index (χ3n) is 4.38. The molecule has 2 aliphatic rings. The first-order chi connectivity index (χ1) is 9.29. The molecule has 2 bridgehead atoms. The number of hydrogen-bond donors (Lipinski definition) is 1. The van der Waals surface area contributed by atoms with Crippen molar-refractivity contribution in [1.82, 2.24) is 19.9 Å². The monoisotopic (exact) mass is 256 g/mol. The van der Waals surface area contributed by atoms with E-state index in [1.165, 1.54) is 12.8 Å². The molecule has 0 aromatic carbocycles. The molecular formula is C14H16N4O. The van der Waals surface area contributed by atoms with Gasteiger partial charge >= 0.3 is 0 Å². The average Bonchev–Trinajstić information content (AvgIpc) is 3.03. The number of nitrogens with one attached hydrogen (secondary N) is 1. The molecule has 0 radical (unpaired) electrons. The van der Waals surface area contributed by atoms with Gasteiger partial charge in [-0.1, -0.05) is 0 Å². The summed E-state index contributed by atoms with van der Waals surface area (Å²) in [6.45, 7) is 0. The van der Waals surface area contributed by atoms with Gasteiger partial charge in [0, 0.05) is 36.5 Å². The Bertz CT molecular complexity index is 623. The summed E-state index contributed by atoms with van der Waals surface area (Å²) in [7, 11) is 0. The number of Topliss-reactive ketones (excluding diaryl/α,β-unsaturated/α-hetero) is 1. The Labute approximate surface area is 111 Å². The van der Waals surface area contributed by atoms with Gasteiger partial charge in [0.05, 0.1) is 11.8 Å². The lowest BCUT2D eigenvalue weighted by Crippen LogP contribution is -2.40. The van der Waals surface area contributed by atoms with E-state index in [1.807, 2.05) is 6.07 Å². The Morgan fingerprint density at radius 3 is 2.89 bits per heavy atom. The van der Waals surface area contributed by atoms with Crippen LogP contribution in [0.25, 0.3) is 5.65 Å². The molecule has 5 nitrogen and oxygen atoms in total. The van der Waals surface area contributed by atoms with Crippen LogP contribution in [0, 0.1) is 5.92 Å². The van der Waals surface area contributed by atoms with Gasteiger partial charge in [-0.2, -0.15) is 5.10 Å². The van der Waals surface area contributed by atoms with Crippen LogP contribution in [0.3, 0.4) is 0 Å². The molecule has 2 fully saturated rings. The molecule has 2 saturated heterocycles. The third kappa shape index (κ3) is 1.85. The fraction of sp³-hybridized carbons (Fsp3) is 0.500. The quantitative estimate of drug-likeness (QED) is 0.826. The molecule has 0 aliphatic carbocycles. The lowest BCUT2D eigenvalue weighted by atomic mass is 9.87. The van der Waals surface area contributed by atoms with E-state index < -0.39 is 0 Å². The van der Waals surface area contributed by atoms with Crippen LogP contribution in [0.1, 0.15) is 36.0 Å². The predicted octanol–water partition coefficient (Wildman–Crippen LogP) is 1.44. The zero-order chi connectivity index (χ0) is 12.8. The molecule has 19 heavy (non-hydrogen) atoms. The maximum atomic E-state index is 12.6. The molecule has 1 N–H and O–H groups in total. The second-order valence-electron chi connectivity index (χ2n) is 5.65. The lowest BCUT2D eigenvalue weighted by Gasteiger charge is -2.27. The van der Waals surface area contributed by atoms with Crippen LogP contribution >= 0.6 is 0 Å². The molecule has 0 amide bonds. The fourth-order valence-corrected chi connectivity index (χ4v) is 3.44. The summed E-state index contributed by atoms with van der Waals surface area (Å²) in [6, 6.07) is 2.90. The molecule has 0 spiro atoms. The summed E-state index contributed by atoms with van der Waals surface area (Å²) in [4.78, 5) is 16.9. The van der Waals surface area contributed by atoms with E-state index in [0.717, 1.165) is 18.5 Å². The molecule has 2 unspecified atom stereocenters. The van der Waals surface area contributed by atoms with Crippen molar-refractivity contribution < 1.29 is 4.79 Å². The minimum atomic E-state index is 0.147. The van der Waals surface area contributed by atoms with Crippen LogP contribution in [0.4, 0.5) is 0 Å². The summed E-state index contributed by atoms with van der Waals surface area (Å²) >= 11 is 0. The zero-order valence-corrected chi connectivity index (χ0v) is 10.6. The van der Waals surface area contributed by atoms with Gasteiger partial charge in [0.15, 0.2) is 11.4 Å². The summed E-state index contributed by atoms with van der Waals surface area (Å²) in [5.41, 5.74) is 1.46. The minimum absolute atomic E-state index is 0.147. The smallest absolute Gasteiger partial charge is 0.169 e. The van der Waals surface area contributed by atoms with E-state index in [4.69, 9.17) is 0 Å². The third-order valence-corrected chi connectivity index (χ3v) is 4.38. The van der Waals surface area contributed by atoms with E-state index in [-0.39, 0.29) is 11.7 Å². The molecule has 5 heteroatoms. The van der Waals surface area contributed by atoms with Gasteiger partial charge in [-0.15, -0.1) is 0 Å². The number of nitrogens with zero attached hydrogens (tertiary/aromatic N) is 3. The number of ketones is 1. The molecule has 0 saturated carbocycles. The number of fused-ring (bicyclic) bond motifs is 3. The van der Waals surface area contributed by atoms with Crippen molar-refractivity contribution in [2.75, 3.05) is 0 Å². The van der Waals surface area contributed by atoms with E-state index in [1.54, 1.807) is 23.1 Å². The average molecular weight is 256 g/mol. The van der Waals surface area contributed by atoms with Crippen LogP contribution < -0.4 is 5.32 Å². The molecular weight excluding hydrogens is 240 g/mol. The first-order valence-corrected chi connectivity index (χ1v) is 6.89. The fourth-order valence-electron chi connectivity index (χ4n) is 3.44. The molecule has 2 atom stereocenters. The molecule has 2 aliphatic heterocycles. The van der Waals surface area contributed by atoms with Crippen LogP contribution in [0.2, 0.25) is 0 Å². The van der Waals surface area contributed by atoms with Gasteiger partial charge < -0.3 is 5.32 Å². The van der Waals surface area contributed by atoms with Crippen molar-refractivity contribution in [1.29, 1.82) is 0 Å². The van der Waals surface area contributed by atoms with E-state index in [2.05, 4.69) is 15.4 Å². The Morgan fingerprint density at radius 2 is 2.11 bits per heavy atom. The molecule has 4 heterocycles. The predicted molar refractivity (Wildman–Crippen MR) is 70.0 cm³/mol. The number of rotatable bonds is 2. The topological polar surface area (TPSA) is 59.3 Å². The van der Waals surface area contributed by atoms with Gasteiger partial charge in [-0.05, 0) is 25.7 Å². The second-order valence-corrected chi connectivity index (χ2v) is 5.65. The lowest BCUT2D eigenvalue weighted by molar-refractivity contribution is 0.0874. The number of aromatic nitrogens is 3. The number of piperidine rings is 1. The van der Waals surface area contributed by atoms with Crippen LogP contribution in [0.15, 0.2) is 24.7 Å². The van der Waals surface area contributed by atoms with Crippen molar-refractivity contribution in [2.24, 2.45) is 5.92 Å². The van der Waals surface area contributed by atoms with Gasteiger partial charge in [0.25, 0.3) is 0 Å². The van der Waals surface area contributed by atoms with Gasteiger partial charge in [0.2, 0.25) is 0 Å². The first kappa shape index (κ1) is 11.1. The van der Waals surface area contributed by atoms with Crippen molar-refractivity contribution in [3.8, 4) is 0 Å². The maximum absolute atomic E-state index is 12.6. The highest BCUT2D eigenvalue weighted by Crippen LogP contribution is 2.32. The summed E-state index contributed by atoms with van der Waals surface area (Å²) in [6.07, 6.45) is 9.54. The molecule has 2 aromatic rings. The Kier molecular flexibility index (Phi) is 2.41. The largest absolute Gasteiger partial charge is 0.311 e. The van der Waals surface area contributed by atoms with Crippen molar-refractivity contribution in [3.05, 3.63) is 30.2 Å². The number of carbonyl (C=O) groups excluding carboxylic acids is 1. The van der Waals surface area contributed by atoms with Crippen LogP contribution in [0.5, 0.6) is 0 Å². The number of carbonyl (C=O) groups is 1. The van der Waals surface area contributed by atoms with Crippen molar-refractivity contribution in [3.63, 3.8) is 0 Å². The Hall–Kier alpha value is -1.75. The molecule has 98 valence electrons. The first-order valence-electron chi connectivity index (χ1n) is 6.89.